The van der Waals surface area contributed by atoms with Crippen molar-refractivity contribution in [2.24, 2.45) is 0 Å². The summed E-state index contributed by atoms with van der Waals surface area (Å²) in [6.45, 7) is 2.78. The average molecular weight is 291 g/mol. The highest BCUT2D eigenvalue weighted by Crippen LogP contribution is 2.24. The standard InChI is InChI=1S/C17H19ClO2/c1-13-11-17(8-5-15(13)12-18)20-16-6-3-14(4-7-16)9-10-19-2/h3-8,11H,9-10,12H2,1-2H3. The Balaban J connectivity index is 2.04. The summed E-state index contributed by atoms with van der Waals surface area (Å²) in [7, 11) is 1.71. The number of alkyl halides is 1. The summed E-state index contributed by atoms with van der Waals surface area (Å²) >= 11 is 5.85. The van der Waals surface area contributed by atoms with Crippen LogP contribution in [0.1, 0.15) is 16.7 Å². The van der Waals surface area contributed by atoms with Crippen molar-refractivity contribution in [2.75, 3.05) is 13.7 Å². The van der Waals surface area contributed by atoms with E-state index in [4.69, 9.17) is 21.1 Å². The van der Waals surface area contributed by atoms with Crippen molar-refractivity contribution in [1.82, 2.24) is 0 Å². The molecule has 2 aromatic rings. The highest BCUT2D eigenvalue weighted by molar-refractivity contribution is 6.17. The maximum atomic E-state index is 5.85. The Labute approximate surface area is 125 Å². The third-order valence-electron chi connectivity index (χ3n) is 3.21. The molecular formula is C17H19ClO2. The first kappa shape index (κ1) is 14.9. The van der Waals surface area contributed by atoms with Crippen molar-refractivity contribution in [1.29, 1.82) is 0 Å². The summed E-state index contributed by atoms with van der Waals surface area (Å²) in [6.07, 6.45) is 0.917. The van der Waals surface area contributed by atoms with Crippen LogP contribution in [0.2, 0.25) is 0 Å². The third-order valence-corrected chi connectivity index (χ3v) is 3.50. The topological polar surface area (TPSA) is 18.5 Å². The highest BCUT2D eigenvalue weighted by Gasteiger charge is 2.02. The molecule has 0 N–H and O–H groups in total. The van der Waals surface area contributed by atoms with Gasteiger partial charge in [-0.3, -0.25) is 0 Å². The molecule has 0 aliphatic carbocycles. The zero-order chi connectivity index (χ0) is 14.4. The van der Waals surface area contributed by atoms with E-state index in [0.717, 1.165) is 35.7 Å². The van der Waals surface area contributed by atoms with Crippen LogP contribution in [-0.4, -0.2) is 13.7 Å². The molecule has 2 aromatic carbocycles. The quantitative estimate of drug-likeness (QED) is 0.717. The summed E-state index contributed by atoms with van der Waals surface area (Å²) < 4.78 is 10.9. The van der Waals surface area contributed by atoms with E-state index in [0.29, 0.717) is 5.88 Å². The summed E-state index contributed by atoms with van der Waals surface area (Å²) in [6, 6.07) is 14.1. The lowest BCUT2D eigenvalue weighted by Crippen LogP contribution is -1.94. The molecule has 0 saturated heterocycles. The van der Waals surface area contributed by atoms with Gasteiger partial charge in [-0.2, -0.15) is 0 Å². The smallest absolute Gasteiger partial charge is 0.127 e. The first-order valence-corrected chi connectivity index (χ1v) is 7.17. The number of hydrogen-bond donors (Lipinski definition) is 0. The van der Waals surface area contributed by atoms with Gasteiger partial charge < -0.3 is 9.47 Å². The van der Waals surface area contributed by atoms with Gasteiger partial charge in [-0.1, -0.05) is 18.2 Å². The molecule has 0 spiro atoms. The Morgan fingerprint density at radius 3 is 2.30 bits per heavy atom. The van der Waals surface area contributed by atoms with Gasteiger partial charge in [0.2, 0.25) is 0 Å². The van der Waals surface area contributed by atoms with Gasteiger partial charge in [0.05, 0.1) is 6.61 Å². The van der Waals surface area contributed by atoms with Gasteiger partial charge in [-0.15, -0.1) is 11.6 Å². The van der Waals surface area contributed by atoms with Crippen molar-refractivity contribution in [3.63, 3.8) is 0 Å². The maximum absolute atomic E-state index is 5.85. The lowest BCUT2D eigenvalue weighted by atomic mass is 10.1. The highest BCUT2D eigenvalue weighted by atomic mass is 35.5. The Bertz CT molecular complexity index is 549. The molecule has 0 aliphatic heterocycles. The van der Waals surface area contributed by atoms with Gasteiger partial charge in [0.25, 0.3) is 0 Å². The molecule has 0 radical (unpaired) electrons. The molecule has 0 atom stereocenters. The lowest BCUT2D eigenvalue weighted by molar-refractivity contribution is 0.202. The van der Waals surface area contributed by atoms with Crippen LogP contribution in [0.25, 0.3) is 0 Å². The van der Waals surface area contributed by atoms with E-state index in [-0.39, 0.29) is 0 Å². The van der Waals surface area contributed by atoms with E-state index in [2.05, 4.69) is 12.1 Å². The Hall–Kier alpha value is -1.51. The van der Waals surface area contributed by atoms with Crippen molar-refractivity contribution < 1.29 is 9.47 Å². The minimum atomic E-state index is 0.528. The summed E-state index contributed by atoms with van der Waals surface area (Å²) in [4.78, 5) is 0. The molecule has 0 bridgehead atoms. The molecule has 0 fully saturated rings. The summed E-state index contributed by atoms with van der Waals surface area (Å²) in [5, 5.41) is 0. The first-order valence-electron chi connectivity index (χ1n) is 6.64. The Kier molecular flexibility index (Phi) is 5.45. The zero-order valence-electron chi connectivity index (χ0n) is 11.9. The third kappa shape index (κ3) is 3.99. The van der Waals surface area contributed by atoms with E-state index in [9.17, 15) is 0 Å². The molecule has 3 heteroatoms. The maximum Gasteiger partial charge on any atom is 0.127 e. The molecule has 0 heterocycles. The number of hydrogen-bond acceptors (Lipinski definition) is 2. The van der Waals surface area contributed by atoms with E-state index < -0.39 is 0 Å². The van der Waals surface area contributed by atoms with Crippen molar-refractivity contribution in [3.05, 3.63) is 59.2 Å². The predicted molar refractivity (Wildman–Crippen MR) is 82.8 cm³/mol. The largest absolute Gasteiger partial charge is 0.457 e. The fourth-order valence-corrected chi connectivity index (χ4v) is 2.26. The molecule has 20 heavy (non-hydrogen) atoms. The lowest BCUT2D eigenvalue weighted by Gasteiger charge is -2.09. The van der Waals surface area contributed by atoms with Crippen LogP contribution < -0.4 is 4.74 Å². The predicted octanol–water partition coefficient (Wildman–Crippen LogP) is 4.72. The number of halogens is 1. The van der Waals surface area contributed by atoms with Crippen molar-refractivity contribution in [2.45, 2.75) is 19.2 Å². The monoisotopic (exact) mass is 290 g/mol. The van der Waals surface area contributed by atoms with Crippen molar-refractivity contribution in [3.8, 4) is 11.5 Å². The van der Waals surface area contributed by atoms with Crippen LogP contribution in [0.5, 0.6) is 11.5 Å². The normalized spacial score (nSPS) is 10.6. The van der Waals surface area contributed by atoms with E-state index >= 15 is 0 Å². The fourth-order valence-electron chi connectivity index (χ4n) is 1.96. The molecule has 0 unspecified atom stereocenters. The van der Waals surface area contributed by atoms with Crippen LogP contribution >= 0.6 is 11.6 Å². The second-order valence-electron chi connectivity index (χ2n) is 4.71. The van der Waals surface area contributed by atoms with Gasteiger partial charge in [-0.05, 0) is 54.3 Å². The van der Waals surface area contributed by atoms with E-state index in [1.807, 2.05) is 37.3 Å². The Morgan fingerprint density at radius 2 is 1.70 bits per heavy atom. The minimum absolute atomic E-state index is 0.528. The minimum Gasteiger partial charge on any atom is -0.457 e. The van der Waals surface area contributed by atoms with Crippen LogP contribution in [0.15, 0.2) is 42.5 Å². The number of methoxy groups -OCH3 is 1. The van der Waals surface area contributed by atoms with E-state index in [1.165, 1.54) is 5.56 Å². The van der Waals surface area contributed by atoms with Gasteiger partial charge in [0, 0.05) is 13.0 Å². The van der Waals surface area contributed by atoms with E-state index in [1.54, 1.807) is 7.11 Å². The van der Waals surface area contributed by atoms with Crippen LogP contribution in [0.4, 0.5) is 0 Å². The number of rotatable bonds is 6. The summed E-state index contributed by atoms with van der Waals surface area (Å²) in [5.74, 6) is 2.20. The molecular weight excluding hydrogens is 272 g/mol. The fraction of sp³-hybridized carbons (Fsp3) is 0.294. The SMILES string of the molecule is COCCc1ccc(Oc2ccc(CCl)c(C)c2)cc1. The van der Waals surface area contributed by atoms with Gasteiger partial charge in [0.1, 0.15) is 11.5 Å². The second kappa shape index (κ2) is 7.32. The van der Waals surface area contributed by atoms with Crippen molar-refractivity contribution >= 4 is 11.6 Å². The number of aryl methyl sites for hydroxylation is 1. The molecule has 2 rings (SSSR count). The zero-order valence-corrected chi connectivity index (χ0v) is 12.6. The molecule has 0 amide bonds. The molecule has 0 aliphatic rings. The van der Waals surface area contributed by atoms with Crippen LogP contribution in [-0.2, 0) is 17.0 Å². The molecule has 0 aromatic heterocycles. The Morgan fingerprint density at radius 1 is 1.00 bits per heavy atom. The van der Waals surface area contributed by atoms with Crippen LogP contribution in [0, 0.1) is 6.92 Å². The van der Waals surface area contributed by atoms with Gasteiger partial charge >= 0.3 is 0 Å². The van der Waals surface area contributed by atoms with Crippen LogP contribution in [0.3, 0.4) is 0 Å². The number of ether oxygens (including phenoxy) is 2. The second-order valence-corrected chi connectivity index (χ2v) is 4.98. The summed E-state index contributed by atoms with van der Waals surface area (Å²) in [5.41, 5.74) is 3.52. The molecule has 2 nitrogen and oxygen atoms in total. The van der Waals surface area contributed by atoms with Gasteiger partial charge in [0.15, 0.2) is 0 Å². The first-order chi connectivity index (χ1) is 9.72. The van der Waals surface area contributed by atoms with Gasteiger partial charge in [-0.25, -0.2) is 0 Å². The molecule has 106 valence electrons. The molecule has 0 saturated carbocycles. The number of benzene rings is 2. The average Bonchev–Trinajstić information content (AvgIpc) is 2.47.